The second-order valence-corrected chi connectivity index (χ2v) is 8.23. The van der Waals surface area contributed by atoms with E-state index in [1.807, 2.05) is 0 Å². The summed E-state index contributed by atoms with van der Waals surface area (Å²) in [5.41, 5.74) is 1.75. The van der Waals surface area contributed by atoms with Crippen LogP contribution in [-0.4, -0.2) is 12.3 Å². The molecule has 1 aromatic carbocycles. The molecule has 1 atom stereocenters. The highest BCUT2D eigenvalue weighted by molar-refractivity contribution is 5.94. The van der Waals surface area contributed by atoms with Gasteiger partial charge in [0.05, 0.1) is 5.92 Å². The van der Waals surface area contributed by atoms with Gasteiger partial charge >= 0.3 is 0 Å². The number of Topliss-reactive ketones (excluding diaryl/α,β-unsaturated/α-hetero) is 1. The minimum atomic E-state index is -0.231. The van der Waals surface area contributed by atoms with Gasteiger partial charge in [-0.2, -0.15) is 0 Å². The maximum atomic E-state index is 13.6. The van der Waals surface area contributed by atoms with E-state index in [-0.39, 0.29) is 17.2 Å². The van der Waals surface area contributed by atoms with Crippen molar-refractivity contribution in [2.24, 2.45) is 23.2 Å². The van der Waals surface area contributed by atoms with E-state index in [1.165, 1.54) is 25.3 Å². The molecule has 1 heterocycles. The first-order valence-electron chi connectivity index (χ1n) is 8.71. The maximum absolute atomic E-state index is 13.6. The second-order valence-electron chi connectivity index (χ2n) is 8.23. The molecule has 1 aromatic rings. The number of hydrogen-bond acceptors (Lipinski definition) is 2. The normalized spacial score (nSPS) is 41.3. The minimum absolute atomic E-state index is 0.0883. The highest BCUT2D eigenvalue weighted by Crippen LogP contribution is 2.61. The van der Waals surface area contributed by atoms with E-state index in [0.717, 1.165) is 48.3 Å². The summed E-state index contributed by atoms with van der Waals surface area (Å²) in [4.78, 5) is 13.4. The van der Waals surface area contributed by atoms with E-state index in [2.05, 4.69) is 5.32 Å². The zero-order valence-electron chi connectivity index (χ0n) is 12.8. The summed E-state index contributed by atoms with van der Waals surface area (Å²) in [5.74, 6) is 2.36. The number of halogens is 1. The number of anilines is 1. The average molecular weight is 299 g/mol. The van der Waals surface area contributed by atoms with Crippen LogP contribution < -0.4 is 5.32 Å². The highest BCUT2D eigenvalue weighted by Gasteiger charge is 2.56. The number of carbonyl (C=O) groups excluding carboxylic acids is 1. The lowest BCUT2D eigenvalue weighted by molar-refractivity contribution is -0.145. The number of fused-ring (bicyclic) bond motifs is 1. The Morgan fingerprint density at radius 2 is 1.73 bits per heavy atom. The Hall–Kier alpha value is -1.38. The lowest BCUT2D eigenvalue weighted by Gasteiger charge is -2.56. The van der Waals surface area contributed by atoms with Gasteiger partial charge in [-0.15, -0.1) is 0 Å². The van der Waals surface area contributed by atoms with Gasteiger partial charge in [0.1, 0.15) is 11.6 Å². The number of carbonyl (C=O) groups is 1. The summed E-state index contributed by atoms with van der Waals surface area (Å²) in [5, 5.41) is 3.30. The molecule has 3 heteroatoms. The highest BCUT2D eigenvalue weighted by atomic mass is 19.1. The van der Waals surface area contributed by atoms with Gasteiger partial charge in [-0.3, -0.25) is 4.79 Å². The number of ketones is 1. The molecule has 2 nitrogen and oxygen atoms in total. The lowest BCUT2D eigenvalue weighted by Crippen LogP contribution is -2.51. The Bertz CT molecular complexity index is 618. The Morgan fingerprint density at radius 3 is 2.36 bits per heavy atom. The molecule has 4 aliphatic carbocycles. The Kier molecular flexibility index (Phi) is 2.58. The minimum Gasteiger partial charge on any atom is -0.384 e. The van der Waals surface area contributed by atoms with Crippen LogP contribution in [0.1, 0.15) is 50.0 Å². The zero-order valence-corrected chi connectivity index (χ0v) is 12.8. The van der Waals surface area contributed by atoms with Crippen molar-refractivity contribution in [3.8, 4) is 0 Å². The topological polar surface area (TPSA) is 29.1 Å². The molecule has 4 bridgehead atoms. The SMILES string of the molecule is O=C(C1CNc2ccc(F)cc21)C12CC3CC(CC(C3)C1)C2. The van der Waals surface area contributed by atoms with Crippen LogP contribution in [0.3, 0.4) is 0 Å². The van der Waals surface area contributed by atoms with Crippen molar-refractivity contribution < 1.29 is 9.18 Å². The molecular weight excluding hydrogens is 277 g/mol. The fraction of sp³-hybridized carbons (Fsp3) is 0.632. The molecule has 1 aliphatic heterocycles. The molecule has 4 fully saturated rings. The first-order chi connectivity index (χ1) is 10.6. The number of benzene rings is 1. The van der Waals surface area contributed by atoms with Gasteiger partial charge in [-0.1, -0.05) is 0 Å². The van der Waals surface area contributed by atoms with Crippen LogP contribution in [0.4, 0.5) is 10.1 Å². The van der Waals surface area contributed by atoms with Crippen molar-refractivity contribution in [3.63, 3.8) is 0 Å². The molecule has 4 saturated carbocycles. The Morgan fingerprint density at radius 1 is 1.09 bits per heavy atom. The molecule has 0 amide bonds. The predicted octanol–water partition coefficient (Wildman–Crippen LogP) is 4.12. The van der Waals surface area contributed by atoms with Crippen molar-refractivity contribution >= 4 is 11.5 Å². The van der Waals surface area contributed by atoms with Crippen LogP contribution in [0.2, 0.25) is 0 Å². The average Bonchev–Trinajstić information content (AvgIpc) is 2.87. The number of hydrogen-bond donors (Lipinski definition) is 1. The van der Waals surface area contributed by atoms with Gasteiger partial charge in [-0.05, 0) is 80.0 Å². The molecule has 0 radical (unpaired) electrons. The van der Waals surface area contributed by atoms with Crippen molar-refractivity contribution in [3.05, 3.63) is 29.6 Å². The molecule has 6 rings (SSSR count). The molecule has 0 saturated heterocycles. The van der Waals surface area contributed by atoms with Gasteiger partial charge in [0.15, 0.2) is 0 Å². The van der Waals surface area contributed by atoms with E-state index in [0.29, 0.717) is 12.3 Å². The first-order valence-corrected chi connectivity index (χ1v) is 8.71. The zero-order chi connectivity index (χ0) is 14.9. The summed E-state index contributed by atoms with van der Waals surface area (Å²) in [6.45, 7) is 0.652. The number of rotatable bonds is 2. The molecular formula is C19H22FNO. The molecule has 1 N–H and O–H groups in total. The van der Waals surface area contributed by atoms with Crippen LogP contribution in [0, 0.1) is 29.0 Å². The van der Waals surface area contributed by atoms with E-state index >= 15 is 0 Å². The van der Waals surface area contributed by atoms with Gasteiger partial charge in [0, 0.05) is 17.6 Å². The summed E-state index contributed by atoms with van der Waals surface area (Å²) in [7, 11) is 0. The van der Waals surface area contributed by atoms with Crippen molar-refractivity contribution in [2.75, 3.05) is 11.9 Å². The van der Waals surface area contributed by atoms with Crippen LogP contribution in [0.5, 0.6) is 0 Å². The summed E-state index contributed by atoms with van der Waals surface area (Å²) < 4.78 is 13.6. The first kappa shape index (κ1) is 13.1. The smallest absolute Gasteiger partial charge is 0.148 e. The molecule has 5 aliphatic rings. The van der Waals surface area contributed by atoms with Crippen LogP contribution in [0.25, 0.3) is 0 Å². The maximum Gasteiger partial charge on any atom is 0.148 e. The molecule has 0 spiro atoms. The summed E-state index contributed by atoms with van der Waals surface area (Å²) in [6, 6.07) is 4.82. The van der Waals surface area contributed by atoms with Gasteiger partial charge in [0.2, 0.25) is 0 Å². The number of nitrogens with one attached hydrogen (secondary N) is 1. The van der Waals surface area contributed by atoms with Gasteiger partial charge in [-0.25, -0.2) is 4.39 Å². The predicted molar refractivity (Wildman–Crippen MR) is 83.2 cm³/mol. The van der Waals surface area contributed by atoms with E-state index in [4.69, 9.17) is 0 Å². The van der Waals surface area contributed by atoms with Crippen LogP contribution in [-0.2, 0) is 4.79 Å². The largest absolute Gasteiger partial charge is 0.384 e. The third-order valence-corrected chi connectivity index (χ3v) is 6.76. The van der Waals surface area contributed by atoms with Crippen LogP contribution in [0.15, 0.2) is 18.2 Å². The third-order valence-electron chi connectivity index (χ3n) is 6.76. The van der Waals surface area contributed by atoms with Gasteiger partial charge in [0.25, 0.3) is 0 Å². The monoisotopic (exact) mass is 299 g/mol. The molecule has 22 heavy (non-hydrogen) atoms. The van der Waals surface area contributed by atoms with Gasteiger partial charge < -0.3 is 5.32 Å². The standard InChI is InChI=1S/C19H22FNO/c20-14-1-2-17-15(6-14)16(10-21-17)18(22)19-7-11-3-12(8-19)5-13(4-11)9-19/h1-2,6,11-13,16,21H,3-5,7-10H2. The third kappa shape index (κ3) is 1.74. The molecule has 1 unspecified atom stereocenters. The lowest BCUT2D eigenvalue weighted by atomic mass is 9.47. The Labute approximate surface area is 130 Å². The fourth-order valence-corrected chi connectivity index (χ4v) is 6.32. The van der Waals surface area contributed by atoms with E-state index < -0.39 is 0 Å². The summed E-state index contributed by atoms with van der Waals surface area (Å²) in [6.07, 6.45) is 7.33. The van der Waals surface area contributed by atoms with Crippen molar-refractivity contribution in [1.82, 2.24) is 0 Å². The van der Waals surface area contributed by atoms with E-state index in [9.17, 15) is 9.18 Å². The second kappa shape index (κ2) is 4.33. The molecule has 0 aromatic heterocycles. The fourth-order valence-electron chi connectivity index (χ4n) is 6.32. The Balaban J connectivity index is 1.50. The molecule has 116 valence electrons. The quantitative estimate of drug-likeness (QED) is 0.890. The summed E-state index contributed by atoms with van der Waals surface area (Å²) >= 11 is 0. The van der Waals surface area contributed by atoms with E-state index in [1.54, 1.807) is 12.1 Å². The van der Waals surface area contributed by atoms with Crippen LogP contribution >= 0.6 is 0 Å². The van der Waals surface area contributed by atoms with Crippen molar-refractivity contribution in [2.45, 2.75) is 44.4 Å². The van der Waals surface area contributed by atoms with Crippen molar-refractivity contribution in [1.29, 1.82) is 0 Å².